The minimum Gasteiger partial charge on any atom is -0.486 e. The highest BCUT2D eigenvalue weighted by atomic mass is 32.1. The van der Waals surface area contributed by atoms with Gasteiger partial charge in [-0.25, -0.2) is 4.79 Å². The van der Waals surface area contributed by atoms with Crippen LogP contribution in [0.2, 0.25) is 0 Å². The SMILES string of the molecule is CC1COc2c(nsc2C(=O)O)N1. The third-order valence-electron chi connectivity index (χ3n) is 1.70. The van der Waals surface area contributed by atoms with Crippen LogP contribution in [0.1, 0.15) is 16.6 Å². The van der Waals surface area contributed by atoms with Crippen LogP contribution in [0.15, 0.2) is 0 Å². The van der Waals surface area contributed by atoms with Crippen LogP contribution in [0.5, 0.6) is 5.75 Å². The van der Waals surface area contributed by atoms with Gasteiger partial charge < -0.3 is 15.2 Å². The molecule has 70 valence electrons. The Morgan fingerprint density at radius 1 is 1.85 bits per heavy atom. The monoisotopic (exact) mass is 200 g/mol. The van der Waals surface area contributed by atoms with Gasteiger partial charge in [0.15, 0.2) is 16.4 Å². The van der Waals surface area contributed by atoms with Crippen LogP contribution in [-0.2, 0) is 0 Å². The van der Waals surface area contributed by atoms with Gasteiger partial charge in [-0.1, -0.05) is 0 Å². The first-order valence-corrected chi connectivity index (χ1v) is 4.58. The number of hydrogen-bond donors (Lipinski definition) is 2. The van der Waals surface area contributed by atoms with Crippen molar-refractivity contribution in [1.82, 2.24) is 4.37 Å². The molecule has 0 saturated heterocycles. The van der Waals surface area contributed by atoms with Crippen molar-refractivity contribution in [3.05, 3.63) is 4.88 Å². The Kier molecular flexibility index (Phi) is 1.84. The summed E-state index contributed by atoms with van der Waals surface area (Å²) < 4.78 is 9.23. The third kappa shape index (κ3) is 1.33. The molecular weight excluding hydrogens is 192 g/mol. The Labute approximate surface area is 78.5 Å². The quantitative estimate of drug-likeness (QED) is 0.708. The van der Waals surface area contributed by atoms with Gasteiger partial charge in [0.2, 0.25) is 0 Å². The lowest BCUT2D eigenvalue weighted by Crippen LogP contribution is -2.28. The number of nitrogens with one attached hydrogen (secondary N) is 1. The highest BCUT2D eigenvalue weighted by Gasteiger charge is 2.25. The summed E-state index contributed by atoms with van der Waals surface area (Å²) in [5.41, 5.74) is 0. The van der Waals surface area contributed by atoms with Gasteiger partial charge in [-0.05, 0) is 18.5 Å². The average molecular weight is 200 g/mol. The molecule has 2 heterocycles. The van der Waals surface area contributed by atoms with E-state index in [4.69, 9.17) is 9.84 Å². The van der Waals surface area contributed by atoms with Crippen LogP contribution >= 0.6 is 11.5 Å². The molecule has 0 saturated carbocycles. The zero-order valence-corrected chi connectivity index (χ0v) is 7.72. The molecule has 1 aromatic heterocycles. The summed E-state index contributed by atoms with van der Waals surface area (Å²) in [6.45, 7) is 2.43. The van der Waals surface area contributed by atoms with Gasteiger partial charge in [0, 0.05) is 0 Å². The molecule has 2 N–H and O–H groups in total. The Balaban J connectivity index is 2.39. The van der Waals surface area contributed by atoms with Crippen LogP contribution in [-0.4, -0.2) is 28.1 Å². The summed E-state index contributed by atoms with van der Waals surface area (Å²) in [5, 5.41) is 11.8. The number of rotatable bonds is 1. The van der Waals surface area contributed by atoms with Crippen LogP contribution in [0, 0.1) is 0 Å². The predicted octanol–water partition coefficient (Wildman–Crippen LogP) is 1.03. The number of fused-ring (bicyclic) bond motifs is 1. The smallest absolute Gasteiger partial charge is 0.351 e. The second-order valence-electron chi connectivity index (χ2n) is 2.85. The Bertz CT molecular complexity index is 350. The summed E-state index contributed by atoms with van der Waals surface area (Å²) in [4.78, 5) is 10.8. The maximum absolute atomic E-state index is 10.7. The highest BCUT2D eigenvalue weighted by molar-refractivity contribution is 7.08. The third-order valence-corrected chi connectivity index (χ3v) is 2.52. The molecule has 0 radical (unpaired) electrons. The molecule has 0 amide bonds. The Hall–Kier alpha value is -1.30. The lowest BCUT2D eigenvalue weighted by Gasteiger charge is -2.20. The fraction of sp³-hybridized carbons (Fsp3) is 0.429. The summed E-state index contributed by atoms with van der Waals surface area (Å²) in [6, 6.07) is 0.177. The summed E-state index contributed by atoms with van der Waals surface area (Å²) in [5.74, 6) is -0.0770. The van der Waals surface area contributed by atoms with Crippen molar-refractivity contribution in [2.45, 2.75) is 13.0 Å². The first-order chi connectivity index (χ1) is 6.18. The van der Waals surface area contributed by atoms with E-state index >= 15 is 0 Å². The standard InChI is InChI=1S/C7H8N2O3S/c1-3-2-12-4-5(7(10)11)13-9-6(4)8-3/h3H,2H2,1H3,(H,8,9)(H,10,11). The van der Waals surface area contributed by atoms with Gasteiger partial charge in [-0.3, -0.25) is 0 Å². The van der Waals surface area contributed by atoms with Gasteiger partial charge >= 0.3 is 5.97 Å². The molecular formula is C7H8N2O3S. The molecule has 6 heteroatoms. The lowest BCUT2D eigenvalue weighted by molar-refractivity contribution is 0.0697. The minimum atomic E-state index is -0.991. The minimum absolute atomic E-state index is 0.161. The molecule has 0 spiro atoms. The second-order valence-corrected chi connectivity index (χ2v) is 3.62. The van der Waals surface area contributed by atoms with Crippen LogP contribution in [0.25, 0.3) is 0 Å². The van der Waals surface area contributed by atoms with Crippen molar-refractivity contribution < 1.29 is 14.6 Å². The van der Waals surface area contributed by atoms with Crippen LogP contribution in [0.4, 0.5) is 5.82 Å². The van der Waals surface area contributed by atoms with E-state index in [2.05, 4.69) is 9.69 Å². The average Bonchev–Trinajstić information content (AvgIpc) is 2.46. The number of carboxylic acids is 1. The van der Waals surface area contributed by atoms with Crippen molar-refractivity contribution in [3.63, 3.8) is 0 Å². The van der Waals surface area contributed by atoms with Crippen molar-refractivity contribution in [3.8, 4) is 5.75 Å². The lowest BCUT2D eigenvalue weighted by atomic mass is 10.3. The molecule has 2 rings (SSSR count). The Morgan fingerprint density at radius 2 is 2.62 bits per heavy atom. The van der Waals surface area contributed by atoms with Gasteiger partial charge in [0.25, 0.3) is 0 Å². The van der Waals surface area contributed by atoms with E-state index in [1.807, 2.05) is 6.92 Å². The van der Waals surface area contributed by atoms with E-state index in [0.717, 1.165) is 11.5 Å². The predicted molar refractivity (Wildman–Crippen MR) is 47.7 cm³/mol. The second kappa shape index (κ2) is 2.88. The molecule has 13 heavy (non-hydrogen) atoms. The molecule has 0 fully saturated rings. The fourth-order valence-corrected chi connectivity index (χ4v) is 1.76. The van der Waals surface area contributed by atoms with Gasteiger partial charge in [0.05, 0.1) is 6.04 Å². The van der Waals surface area contributed by atoms with E-state index in [0.29, 0.717) is 18.2 Å². The van der Waals surface area contributed by atoms with E-state index in [1.54, 1.807) is 0 Å². The van der Waals surface area contributed by atoms with E-state index < -0.39 is 5.97 Å². The number of aromatic nitrogens is 1. The normalized spacial score (nSPS) is 19.9. The number of carbonyl (C=O) groups is 1. The molecule has 0 aliphatic carbocycles. The summed E-state index contributed by atoms with van der Waals surface area (Å²) in [6.07, 6.45) is 0. The van der Waals surface area contributed by atoms with E-state index in [-0.39, 0.29) is 10.9 Å². The number of anilines is 1. The van der Waals surface area contributed by atoms with Crippen LogP contribution in [0.3, 0.4) is 0 Å². The number of aromatic carboxylic acids is 1. The van der Waals surface area contributed by atoms with Gasteiger partial charge in [-0.2, -0.15) is 4.37 Å². The van der Waals surface area contributed by atoms with Crippen molar-refractivity contribution in [1.29, 1.82) is 0 Å². The first-order valence-electron chi connectivity index (χ1n) is 3.81. The zero-order chi connectivity index (χ0) is 9.42. The number of hydrogen-bond acceptors (Lipinski definition) is 5. The van der Waals surface area contributed by atoms with Crippen molar-refractivity contribution in [2.75, 3.05) is 11.9 Å². The summed E-state index contributed by atoms with van der Waals surface area (Å²) >= 11 is 0.938. The van der Waals surface area contributed by atoms with E-state index in [9.17, 15) is 4.79 Å². The molecule has 1 aliphatic rings. The molecule has 1 unspecified atom stereocenters. The molecule has 5 nitrogen and oxygen atoms in total. The van der Waals surface area contributed by atoms with Crippen molar-refractivity contribution >= 4 is 23.3 Å². The van der Waals surface area contributed by atoms with Crippen molar-refractivity contribution in [2.24, 2.45) is 0 Å². The van der Waals surface area contributed by atoms with Crippen LogP contribution < -0.4 is 10.1 Å². The van der Waals surface area contributed by atoms with Gasteiger partial charge in [0.1, 0.15) is 6.61 Å². The molecule has 1 aliphatic heterocycles. The van der Waals surface area contributed by atoms with E-state index in [1.165, 1.54) is 0 Å². The zero-order valence-electron chi connectivity index (χ0n) is 6.90. The molecule has 1 aromatic rings. The Morgan fingerprint density at radius 3 is 3.31 bits per heavy atom. The highest BCUT2D eigenvalue weighted by Crippen LogP contribution is 2.34. The fourth-order valence-electron chi connectivity index (χ4n) is 1.13. The molecule has 1 atom stereocenters. The number of carboxylic acid groups (broad SMARTS) is 1. The number of ether oxygens (including phenoxy) is 1. The maximum atomic E-state index is 10.7. The topological polar surface area (TPSA) is 71.5 Å². The number of nitrogens with zero attached hydrogens (tertiary/aromatic N) is 1. The molecule has 0 aromatic carbocycles. The maximum Gasteiger partial charge on any atom is 0.351 e. The summed E-state index contributed by atoms with van der Waals surface area (Å²) in [7, 11) is 0. The first kappa shape index (κ1) is 8.31. The largest absolute Gasteiger partial charge is 0.486 e. The van der Waals surface area contributed by atoms with Gasteiger partial charge in [-0.15, -0.1) is 0 Å². The molecule has 0 bridgehead atoms.